The van der Waals surface area contributed by atoms with E-state index in [0.29, 0.717) is 0 Å². The van der Waals surface area contributed by atoms with Crippen LogP contribution in [0.5, 0.6) is 0 Å². The minimum atomic E-state index is -1.73. The van der Waals surface area contributed by atoms with Crippen molar-refractivity contribution in [2.24, 2.45) is 21.6 Å². The monoisotopic (exact) mass is 300 g/mol. The van der Waals surface area contributed by atoms with Gasteiger partial charge in [0.05, 0.1) is 12.1 Å². The molecule has 0 amide bonds. The maximum atomic E-state index is 14.2. The number of hydrogen-bond acceptors (Lipinski definition) is 6. The summed E-state index contributed by atoms with van der Waals surface area (Å²) in [6.07, 6.45) is 0. The highest BCUT2D eigenvalue weighted by Gasteiger charge is 2.93. The maximum absolute atomic E-state index is 14.2. The van der Waals surface area contributed by atoms with E-state index in [0.717, 1.165) is 0 Å². The van der Waals surface area contributed by atoms with Gasteiger partial charge >= 0.3 is 0 Å². The first-order valence-corrected chi connectivity index (χ1v) is 6.54. The molecule has 0 spiro atoms. The molecule has 2 N–H and O–H groups in total. The second-order valence-corrected chi connectivity index (χ2v) is 5.28. The van der Waals surface area contributed by atoms with Crippen molar-refractivity contribution < 1.29 is 13.9 Å². The van der Waals surface area contributed by atoms with Crippen molar-refractivity contribution >= 4 is 5.84 Å². The number of nitriles is 2. The van der Waals surface area contributed by atoms with Crippen LogP contribution in [0.3, 0.4) is 0 Å². The lowest BCUT2D eigenvalue weighted by atomic mass is 9.93. The van der Waals surface area contributed by atoms with Crippen LogP contribution in [0.4, 0.5) is 4.39 Å². The van der Waals surface area contributed by atoms with Gasteiger partial charge in [-0.2, -0.15) is 10.5 Å². The Morgan fingerprint density at radius 2 is 1.86 bits per heavy atom. The first-order chi connectivity index (χ1) is 10.5. The van der Waals surface area contributed by atoms with Crippen molar-refractivity contribution in [1.29, 1.82) is 10.5 Å². The van der Waals surface area contributed by atoms with Crippen molar-refractivity contribution in [3.63, 3.8) is 0 Å². The third-order valence-electron chi connectivity index (χ3n) is 4.70. The Balaban J connectivity index is 2.29. The Hall–Kier alpha value is -2.48. The normalized spacial score (nSPS) is 34.2. The van der Waals surface area contributed by atoms with Gasteiger partial charge in [-0.15, -0.1) is 0 Å². The molecule has 1 aliphatic heterocycles. The molecule has 1 heterocycles. The fourth-order valence-electron chi connectivity index (χ4n) is 3.70. The van der Waals surface area contributed by atoms with E-state index in [2.05, 4.69) is 17.1 Å². The van der Waals surface area contributed by atoms with Crippen LogP contribution >= 0.6 is 0 Å². The number of nitrogens with zero attached hydrogens (tertiary/aromatic N) is 3. The highest BCUT2D eigenvalue weighted by molar-refractivity contribution is 6.00. The molecule has 1 fully saturated rings. The van der Waals surface area contributed by atoms with Gasteiger partial charge in [0.2, 0.25) is 0 Å². The minimum Gasteiger partial charge on any atom is -0.386 e. The number of hydrogen-bond donors (Lipinski definition) is 1. The Morgan fingerprint density at radius 1 is 1.23 bits per heavy atom. The van der Waals surface area contributed by atoms with Crippen molar-refractivity contribution in [2.45, 2.75) is 11.8 Å². The van der Waals surface area contributed by atoms with Crippen LogP contribution in [0.25, 0.3) is 0 Å². The van der Waals surface area contributed by atoms with Crippen LogP contribution < -0.4 is 5.73 Å². The highest BCUT2D eigenvalue weighted by Crippen LogP contribution is 2.81. The summed E-state index contributed by atoms with van der Waals surface area (Å²) in [5, 5.41) is 19.5. The summed E-state index contributed by atoms with van der Waals surface area (Å²) in [5.41, 5.74) is 3.16. The molecule has 0 unspecified atom stereocenters. The third kappa shape index (κ3) is 1.19. The van der Waals surface area contributed by atoms with Crippen LogP contribution in [-0.2, 0) is 9.47 Å². The molecule has 3 rings (SSSR count). The number of rotatable bonds is 3. The molecule has 0 saturated heterocycles. The summed E-state index contributed by atoms with van der Waals surface area (Å²) in [6.45, 7) is 0. The van der Waals surface area contributed by atoms with Crippen molar-refractivity contribution in [2.75, 3.05) is 14.2 Å². The lowest BCUT2D eigenvalue weighted by Crippen LogP contribution is -2.41. The van der Waals surface area contributed by atoms with Crippen molar-refractivity contribution in [3.8, 4) is 12.1 Å². The Morgan fingerprint density at radius 3 is 2.36 bits per heavy atom. The van der Waals surface area contributed by atoms with E-state index in [1.165, 1.54) is 32.4 Å². The molecule has 7 heteroatoms. The van der Waals surface area contributed by atoms with E-state index in [-0.39, 0.29) is 11.4 Å². The van der Waals surface area contributed by atoms with Crippen molar-refractivity contribution in [1.82, 2.24) is 0 Å². The van der Waals surface area contributed by atoms with Gasteiger partial charge in [0, 0.05) is 20.1 Å². The van der Waals surface area contributed by atoms with Gasteiger partial charge in [0.25, 0.3) is 5.91 Å². The third-order valence-corrected chi connectivity index (χ3v) is 4.70. The van der Waals surface area contributed by atoms with Gasteiger partial charge in [-0.05, 0) is 11.6 Å². The Kier molecular flexibility index (Phi) is 2.80. The zero-order valence-electron chi connectivity index (χ0n) is 12.0. The van der Waals surface area contributed by atoms with Crippen LogP contribution in [0, 0.1) is 39.3 Å². The topological polar surface area (TPSA) is 104 Å². The molecule has 0 aromatic heterocycles. The molecular weight excluding hydrogens is 287 g/mol. The molecule has 1 aromatic carbocycles. The molecule has 6 nitrogen and oxygen atoms in total. The molecular formula is C15H13FN4O2. The number of halogens is 1. The van der Waals surface area contributed by atoms with Crippen LogP contribution in [0.1, 0.15) is 11.5 Å². The molecule has 0 bridgehead atoms. The fourth-order valence-corrected chi connectivity index (χ4v) is 3.70. The van der Waals surface area contributed by atoms with Gasteiger partial charge in [-0.1, -0.05) is 18.2 Å². The molecule has 1 saturated carbocycles. The number of fused-ring (bicyclic) bond motifs is 1. The Bertz CT molecular complexity index is 762. The molecule has 1 aliphatic carbocycles. The number of methoxy groups -OCH3 is 2. The lowest BCUT2D eigenvalue weighted by molar-refractivity contribution is -0.230. The Labute approximate surface area is 126 Å². The standard InChI is InChI=1S/C15H13FN4O2/c1-21-15(22-2)14(8-18)11(9-5-3-4-6-10(9)16)13(14,7-17)12(19)20-15/h3-6,11H,1-2H3,(H2,19,20)/t11-,13+,14-/m1/s1. The summed E-state index contributed by atoms with van der Waals surface area (Å²) in [5.74, 6) is -3.13. The number of nitrogens with two attached hydrogens (primary N) is 1. The summed E-state index contributed by atoms with van der Waals surface area (Å²) >= 11 is 0. The smallest absolute Gasteiger partial charge is 0.292 e. The molecule has 3 atom stereocenters. The molecule has 1 aromatic rings. The largest absolute Gasteiger partial charge is 0.386 e. The summed E-state index contributed by atoms with van der Waals surface area (Å²) in [6, 6.07) is 10.1. The van der Waals surface area contributed by atoms with Crippen molar-refractivity contribution in [3.05, 3.63) is 35.6 Å². The second kappa shape index (κ2) is 4.26. The average Bonchev–Trinajstić information content (AvgIpc) is 3.10. The SMILES string of the molecule is COC1(OC)N=C(N)[C@]2(C#N)[C@@H](c3ccccc3F)[C@@]12C#N. The first-order valence-electron chi connectivity index (χ1n) is 6.54. The zero-order chi connectivity index (χ0) is 16.2. The van der Waals surface area contributed by atoms with Gasteiger partial charge in [-0.25, -0.2) is 9.38 Å². The van der Waals surface area contributed by atoms with Gasteiger partial charge < -0.3 is 15.2 Å². The van der Waals surface area contributed by atoms with E-state index in [1.807, 2.05) is 0 Å². The number of benzene rings is 1. The van der Waals surface area contributed by atoms with Gasteiger partial charge in [0.1, 0.15) is 17.1 Å². The predicted octanol–water partition coefficient (Wildman–Crippen LogP) is 1.26. The minimum absolute atomic E-state index is 0.0755. The number of amidine groups is 1. The second-order valence-electron chi connectivity index (χ2n) is 5.28. The molecule has 0 radical (unpaired) electrons. The summed E-state index contributed by atoms with van der Waals surface area (Å²) in [7, 11) is 2.62. The highest BCUT2D eigenvalue weighted by atomic mass is 19.1. The molecule has 22 heavy (non-hydrogen) atoms. The van der Waals surface area contributed by atoms with E-state index in [1.54, 1.807) is 6.07 Å². The summed E-state index contributed by atoms with van der Waals surface area (Å²) < 4.78 is 24.8. The van der Waals surface area contributed by atoms with Gasteiger partial charge in [-0.3, -0.25) is 0 Å². The first kappa shape index (κ1) is 14.5. The quantitative estimate of drug-likeness (QED) is 0.846. The predicted molar refractivity (Wildman–Crippen MR) is 73.6 cm³/mol. The number of ether oxygens (including phenoxy) is 2. The summed E-state index contributed by atoms with van der Waals surface area (Å²) in [4.78, 5) is 4.06. The molecule has 112 valence electrons. The van der Waals surface area contributed by atoms with E-state index in [4.69, 9.17) is 15.2 Å². The van der Waals surface area contributed by atoms with Crippen LogP contribution in [-0.4, -0.2) is 26.0 Å². The van der Waals surface area contributed by atoms with E-state index >= 15 is 0 Å². The number of aliphatic imine (C=N–C) groups is 1. The zero-order valence-corrected chi connectivity index (χ0v) is 12.0. The van der Waals surface area contributed by atoms with E-state index in [9.17, 15) is 14.9 Å². The van der Waals surface area contributed by atoms with E-state index < -0.39 is 28.5 Å². The van der Waals surface area contributed by atoms with Crippen LogP contribution in [0.15, 0.2) is 29.3 Å². The van der Waals surface area contributed by atoms with Crippen LogP contribution in [0.2, 0.25) is 0 Å². The lowest BCUT2D eigenvalue weighted by Gasteiger charge is -2.29. The maximum Gasteiger partial charge on any atom is 0.292 e. The fraction of sp³-hybridized carbons (Fsp3) is 0.400. The average molecular weight is 300 g/mol. The van der Waals surface area contributed by atoms with Gasteiger partial charge in [0.15, 0.2) is 5.41 Å². The molecule has 2 aliphatic rings.